The number of carbonyl (C=O) groups is 1. The van der Waals surface area contributed by atoms with E-state index in [0.29, 0.717) is 24.9 Å². The molecule has 1 saturated heterocycles. The highest BCUT2D eigenvalue weighted by atomic mass is 32.2. The van der Waals surface area contributed by atoms with Gasteiger partial charge in [-0.05, 0) is 61.7 Å². The summed E-state index contributed by atoms with van der Waals surface area (Å²) in [6, 6.07) is 15.1. The summed E-state index contributed by atoms with van der Waals surface area (Å²) in [6.45, 7) is 3.02. The number of hydrogen-bond donors (Lipinski definition) is 2. The molecule has 0 aromatic heterocycles. The largest absolute Gasteiger partial charge is 0.481 e. The molecular weight excluding hydrogens is 454 g/mol. The van der Waals surface area contributed by atoms with Gasteiger partial charge in [0.15, 0.2) is 0 Å². The Hall–Kier alpha value is -3.09. The zero-order valence-electron chi connectivity index (χ0n) is 19.5. The van der Waals surface area contributed by atoms with Crippen LogP contribution in [0.15, 0.2) is 42.5 Å². The number of nitriles is 1. The molecule has 8 nitrogen and oxygen atoms in total. The molecule has 0 aliphatic carbocycles. The van der Waals surface area contributed by atoms with Crippen molar-refractivity contribution in [2.75, 3.05) is 42.0 Å². The highest BCUT2D eigenvalue weighted by Gasteiger charge is 2.29. The predicted octanol–water partition coefficient (Wildman–Crippen LogP) is 3.91. The molecule has 9 heteroatoms. The number of aliphatic carboxylic acids is 1. The molecule has 1 aliphatic rings. The molecule has 0 spiro atoms. The van der Waals surface area contributed by atoms with Crippen molar-refractivity contribution in [1.29, 1.82) is 5.26 Å². The van der Waals surface area contributed by atoms with Gasteiger partial charge in [-0.1, -0.05) is 6.07 Å². The van der Waals surface area contributed by atoms with Crippen molar-refractivity contribution >= 4 is 32.9 Å². The Morgan fingerprint density at radius 2 is 1.91 bits per heavy atom. The molecule has 34 heavy (non-hydrogen) atoms. The van der Waals surface area contributed by atoms with E-state index in [9.17, 15) is 18.3 Å². The highest BCUT2D eigenvalue weighted by molar-refractivity contribution is 7.91. The van der Waals surface area contributed by atoms with Gasteiger partial charge in [-0.15, -0.1) is 0 Å². The summed E-state index contributed by atoms with van der Waals surface area (Å²) < 4.78 is 29.2. The fourth-order valence-electron chi connectivity index (χ4n) is 4.44. The third-order valence-corrected chi connectivity index (χ3v) is 7.90. The van der Waals surface area contributed by atoms with Crippen LogP contribution in [-0.4, -0.2) is 57.3 Å². The van der Waals surface area contributed by atoms with Crippen molar-refractivity contribution in [3.05, 3.63) is 53.6 Å². The second-order valence-corrected chi connectivity index (χ2v) is 10.8. The summed E-state index contributed by atoms with van der Waals surface area (Å²) in [7, 11) is -1.43. The van der Waals surface area contributed by atoms with E-state index in [-0.39, 0.29) is 36.5 Å². The molecule has 0 saturated carbocycles. The third kappa shape index (κ3) is 6.49. The molecule has 182 valence electrons. The fourth-order valence-corrected chi connectivity index (χ4v) is 5.91. The maximum Gasteiger partial charge on any atom is 0.304 e. The molecule has 1 atom stereocenters. The summed E-state index contributed by atoms with van der Waals surface area (Å²) in [5.74, 6) is -0.850. The van der Waals surface area contributed by atoms with Crippen LogP contribution in [0.25, 0.3) is 0 Å². The summed E-state index contributed by atoms with van der Waals surface area (Å²) in [5, 5.41) is 21.9. The van der Waals surface area contributed by atoms with Gasteiger partial charge in [0.25, 0.3) is 0 Å². The highest BCUT2D eigenvalue weighted by Crippen LogP contribution is 2.36. The van der Waals surface area contributed by atoms with Gasteiger partial charge in [0.1, 0.15) is 9.84 Å². The van der Waals surface area contributed by atoms with Crippen LogP contribution >= 0.6 is 0 Å². The molecule has 1 heterocycles. The smallest absolute Gasteiger partial charge is 0.304 e. The number of sulfone groups is 1. The van der Waals surface area contributed by atoms with E-state index >= 15 is 0 Å². The van der Waals surface area contributed by atoms with E-state index in [2.05, 4.69) is 16.3 Å². The van der Waals surface area contributed by atoms with E-state index in [0.717, 1.165) is 22.6 Å². The van der Waals surface area contributed by atoms with Crippen LogP contribution in [-0.2, 0) is 19.4 Å². The second kappa shape index (κ2) is 11.4. The van der Waals surface area contributed by atoms with Crippen molar-refractivity contribution in [2.45, 2.75) is 38.1 Å². The monoisotopic (exact) mass is 485 g/mol. The number of anilines is 3. The molecule has 1 aliphatic heterocycles. The average molecular weight is 486 g/mol. The Morgan fingerprint density at radius 1 is 1.24 bits per heavy atom. The maximum absolute atomic E-state index is 12.0. The number of methoxy groups -OCH3 is 1. The maximum atomic E-state index is 12.0. The van der Waals surface area contributed by atoms with Gasteiger partial charge in [0.05, 0.1) is 47.5 Å². The van der Waals surface area contributed by atoms with Crippen LogP contribution < -0.4 is 10.2 Å². The Bertz CT molecular complexity index is 1130. The van der Waals surface area contributed by atoms with Crippen LogP contribution in [0.5, 0.6) is 0 Å². The Morgan fingerprint density at radius 3 is 2.47 bits per heavy atom. The van der Waals surface area contributed by atoms with Crippen LogP contribution in [0.3, 0.4) is 0 Å². The molecule has 0 amide bonds. The molecular formula is C25H31N3O5S. The standard InChI is InChI=1S/C25H31N3O5S/c1-3-28(22-10-12-34(31,32)13-11-22)24-9-6-19(20(17-33-2)15-25(29)30)14-23(24)27-21-7-4-18(16-26)5-8-21/h4-9,14,20,22,27H,3,10-13,15,17H2,1-2H3,(H,29,30). The Kier molecular flexibility index (Phi) is 8.53. The third-order valence-electron chi connectivity index (χ3n) is 6.19. The van der Waals surface area contributed by atoms with Gasteiger partial charge in [-0.3, -0.25) is 4.79 Å². The molecule has 1 unspecified atom stereocenters. The van der Waals surface area contributed by atoms with Gasteiger partial charge in [-0.2, -0.15) is 5.26 Å². The van der Waals surface area contributed by atoms with E-state index < -0.39 is 15.8 Å². The zero-order valence-corrected chi connectivity index (χ0v) is 20.3. The summed E-state index contributed by atoms with van der Waals surface area (Å²) in [6.07, 6.45) is 1.08. The first kappa shape index (κ1) is 25.5. The number of ether oxygens (including phenoxy) is 1. The fraction of sp³-hybridized carbons (Fsp3) is 0.440. The van der Waals surface area contributed by atoms with E-state index in [1.807, 2.05) is 37.3 Å². The van der Waals surface area contributed by atoms with Crippen molar-refractivity contribution in [2.24, 2.45) is 0 Å². The topological polar surface area (TPSA) is 120 Å². The molecule has 2 aromatic carbocycles. The number of carboxylic acid groups (broad SMARTS) is 1. The minimum atomic E-state index is -2.98. The van der Waals surface area contributed by atoms with Crippen molar-refractivity contribution in [3.8, 4) is 6.07 Å². The number of nitrogens with one attached hydrogen (secondary N) is 1. The molecule has 0 radical (unpaired) electrons. The lowest BCUT2D eigenvalue weighted by atomic mass is 9.95. The van der Waals surface area contributed by atoms with Gasteiger partial charge < -0.3 is 20.1 Å². The van der Waals surface area contributed by atoms with E-state index in [1.165, 1.54) is 0 Å². The molecule has 2 aromatic rings. The van der Waals surface area contributed by atoms with Crippen molar-refractivity contribution < 1.29 is 23.1 Å². The SMILES string of the molecule is CCN(c1ccc(C(COC)CC(=O)O)cc1Nc1ccc(C#N)cc1)C1CCS(=O)(=O)CC1. The van der Waals surface area contributed by atoms with Crippen molar-refractivity contribution in [3.63, 3.8) is 0 Å². The van der Waals surface area contributed by atoms with E-state index in [4.69, 9.17) is 10.00 Å². The summed E-state index contributed by atoms with van der Waals surface area (Å²) in [5.41, 5.74) is 3.91. The Labute approximate surface area is 201 Å². The molecule has 1 fully saturated rings. The van der Waals surface area contributed by atoms with Gasteiger partial charge >= 0.3 is 5.97 Å². The number of nitrogens with zero attached hydrogens (tertiary/aromatic N) is 2. The van der Waals surface area contributed by atoms with Gasteiger partial charge in [0, 0.05) is 31.3 Å². The van der Waals surface area contributed by atoms with Crippen LogP contribution in [0.4, 0.5) is 17.1 Å². The van der Waals surface area contributed by atoms with Crippen LogP contribution in [0, 0.1) is 11.3 Å². The number of hydrogen-bond acceptors (Lipinski definition) is 7. The number of benzene rings is 2. The van der Waals surface area contributed by atoms with Crippen LogP contribution in [0.2, 0.25) is 0 Å². The summed E-state index contributed by atoms with van der Waals surface area (Å²) in [4.78, 5) is 13.6. The molecule has 3 rings (SSSR count). The van der Waals surface area contributed by atoms with Crippen molar-refractivity contribution in [1.82, 2.24) is 0 Å². The number of carboxylic acids is 1. The van der Waals surface area contributed by atoms with Gasteiger partial charge in [0.2, 0.25) is 0 Å². The summed E-state index contributed by atoms with van der Waals surface area (Å²) >= 11 is 0. The molecule has 0 bridgehead atoms. The van der Waals surface area contributed by atoms with Gasteiger partial charge in [-0.25, -0.2) is 8.42 Å². The minimum absolute atomic E-state index is 0.0541. The average Bonchev–Trinajstić information content (AvgIpc) is 2.81. The molecule has 2 N–H and O–H groups in total. The number of rotatable bonds is 10. The quantitative estimate of drug-likeness (QED) is 0.520. The lowest BCUT2D eigenvalue weighted by Crippen LogP contribution is -2.41. The predicted molar refractivity (Wildman–Crippen MR) is 132 cm³/mol. The minimum Gasteiger partial charge on any atom is -0.481 e. The second-order valence-electron chi connectivity index (χ2n) is 8.51. The first-order chi connectivity index (χ1) is 16.3. The first-order valence-corrected chi connectivity index (χ1v) is 13.2. The normalized spacial score (nSPS) is 16.4. The lowest BCUT2D eigenvalue weighted by molar-refractivity contribution is -0.137. The lowest BCUT2D eigenvalue weighted by Gasteiger charge is -2.36. The zero-order chi connectivity index (χ0) is 24.7. The van der Waals surface area contributed by atoms with E-state index in [1.54, 1.807) is 19.2 Å². The van der Waals surface area contributed by atoms with Crippen LogP contribution in [0.1, 0.15) is 43.2 Å². The Balaban J connectivity index is 2.00. The first-order valence-electron chi connectivity index (χ1n) is 11.3.